The Hall–Kier alpha value is -14.9. The highest BCUT2D eigenvalue weighted by Gasteiger charge is 2.34. The number of nitrogens with zero attached hydrogens (tertiary/aromatic N) is 14. The standard InChI is InChI=1S/C41H50N6O2.C27H27N3O2.C22H12N2O4.C20H25N3O/c1-38(2,3)24-40(7,8)28-20-26(36(48)34(22-28)46-42-30-15-11-12-16-31(30)43-46)19-27-21-29(41(9,10)25-39(4,5)6)23-35(37(27)49)47-44-32-17-13-14-18-33(32)45-47;1-2-3-4-11-18-32-22-16-17-23(24(31)19-22)27-29-25(20-12-7-5-8-13-20)28-26(30-27)21-14-9-6-10-15-21;25-21-15-5-1-3-7-17(15)23-19(27-21)13-9-11-14(12-10-13)20-24-18-8-4-2-6-16(18)22(26)28-20;1-19(2,3)13-20(4,5)14-10-11-18(24)17(12-14)23-21-15-8-6-7-9-16(15)22-23/h11-18,20-23,48-49H,19,24-25H2,1-10H3;5-10,12-17,19,31H,2-4,11,18H2,1H3;1-12H;6-12,24H,13H2,1-5H3. The van der Waals surface area contributed by atoms with E-state index in [-0.39, 0.29) is 73.7 Å². The Morgan fingerprint density at radius 2 is 0.677 bits per heavy atom. The molecule has 0 aliphatic rings. The van der Waals surface area contributed by atoms with Crippen LogP contribution in [0, 0.1) is 16.2 Å². The van der Waals surface area contributed by atoms with E-state index in [1.165, 1.54) is 32.8 Å². The van der Waals surface area contributed by atoms with Crippen LogP contribution in [0.1, 0.15) is 184 Å². The number of fused-ring (bicyclic) bond motifs is 5. The van der Waals surface area contributed by atoms with Crippen molar-refractivity contribution in [2.24, 2.45) is 16.2 Å². The molecule has 0 spiro atoms. The summed E-state index contributed by atoms with van der Waals surface area (Å²) in [5, 5.41) is 73.8. The van der Waals surface area contributed by atoms with E-state index in [1.807, 2.05) is 176 Å². The molecular weight excluding hydrogens is 1660 g/mol. The fourth-order valence-corrected chi connectivity index (χ4v) is 17.7. The summed E-state index contributed by atoms with van der Waals surface area (Å²) in [5.74, 6) is 3.07. The first-order valence-corrected chi connectivity index (χ1v) is 45.2. The number of para-hydroxylation sites is 2. The van der Waals surface area contributed by atoms with E-state index in [1.54, 1.807) is 78.9 Å². The highest BCUT2D eigenvalue weighted by atomic mass is 16.5. The molecule has 0 unspecified atom stereocenters. The smallest absolute Gasteiger partial charge is 0.347 e. The molecule has 6 aromatic heterocycles. The quantitative estimate of drug-likeness (QED) is 0.0458. The van der Waals surface area contributed by atoms with Gasteiger partial charge in [0.05, 0.1) is 34.0 Å². The zero-order valence-electron chi connectivity index (χ0n) is 78.4. The first-order chi connectivity index (χ1) is 63.4. The number of hydrogen-bond acceptors (Lipinski definition) is 20. The molecule has 23 heteroatoms. The second-order valence-corrected chi connectivity index (χ2v) is 39.5. The van der Waals surface area contributed by atoms with Gasteiger partial charge in [0, 0.05) is 45.9 Å². The lowest BCUT2D eigenvalue weighted by molar-refractivity contribution is 0.283. The third-order valence-corrected chi connectivity index (χ3v) is 23.1. The molecule has 23 nitrogen and oxygen atoms in total. The van der Waals surface area contributed by atoms with Gasteiger partial charge in [-0.3, -0.25) is 0 Å². The van der Waals surface area contributed by atoms with Crippen molar-refractivity contribution >= 4 is 54.9 Å². The molecule has 18 aromatic rings. The van der Waals surface area contributed by atoms with Gasteiger partial charge in [0.2, 0.25) is 11.8 Å². The normalized spacial score (nSPS) is 12.1. The molecule has 0 radical (unpaired) electrons. The maximum Gasteiger partial charge on any atom is 0.347 e. The van der Waals surface area contributed by atoms with Crippen LogP contribution in [-0.4, -0.2) is 96.9 Å². The van der Waals surface area contributed by atoms with Crippen molar-refractivity contribution in [2.75, 3.05) is 6.61 Å². The molecule has 6 heterocycles. The maximum atomic E-state index is 12.2. The molecule has 0 bridgehead atoms. The molecule has 0 fully saturated rings. The van der Waals surface area contributed by atoms with Gasteiger partial charge in [-0.05, 0) is 196 Å². The molecule has 0 amide bonds. The van der Waals surface area contributed by atoms with Gasteiger partial charge < -0.3 is 34.0 Å². The number of aromatic hydroxyl groups is 4. The molecule has 0 saturated carbocycles. The molecule has 133 heavy (non-hydrogen) atoms. The van der Waals surface area contributed by atoms with E-state index in [0.29, 0.717) is 96.5 Å². The maximum absolute atomic E-state index is 12.2. The molecule has 0 saturated heterocycles. The topological polar surface area (TPSA) is 307 Å². The Morgan fingerprint density at radius 3 is 1.06 bits per heavy atom. The van der Waals surface area contributed by atoms with Crippen LogP contribution in [0.4, 0.5) is 0 Å². The van der Waals surface area contributed by atoms with E-state index < -0.39 is 11.3 Å². The van der Waals surface area contributed by atoms with Gasteiger partial charge in [-0.25, -0.2) is 34.5 Å². The predicted molar refractivity (Wildman–Crippen MR) is 528 cm³/mol. The molecule has 0 aliphatic carbocycles. The van der Waals surface area contributed by atoms with Crippen LogP contribution in [-0.2, 0) is 22.7 Å². The summed E-state index contributed by atoms with van der Waals surface area (Å²) in [6.07, 6.45) is 7.71. The van der Waals surface area contributed by atoms with Crippen molar-refractivity contribution < 1.29 is 34.0 Å². The molecule has 18 rings (SSSR count). The summed E-state index contributed by atoms with van der Waals surface area (Å²) in [5.41, 5.74) is 14.7. The predicted octanol–water partition coefficient (Wildman–Crippen LogP) is 25.0. The van der Waals surface area contributed by atoms with Crippen LogP contribution in [0.2, 0.25) is 0 Å². The van der Waals surface area contributed by atoms with E-state index in [2.05, 4.69) is 158 Å². The van der Waals surface area contributed by atoms with Gasteiger partial charge in [0.25, 0.3) is 0 Å². The Labute approximate surface area is 774 Å². The minimum Gasteiger partial charge on any atom is -0.507 e. The lowest BCUT2D eigenvalue weighted by Gasteiger charge is -2.34. The summed E-state index contributed by atoms with van der Waals surface area (Å²) < 4.78 is 16.5. The van der Waals surface area contributed by atoms with Crippen molar-refractivity contribution in [3.8, 4) is 103 Å². The number of phenols is 4. The zero-order chi connectivity index (χ0) is 94.3. The average molecular weight is 1780 g/mol. The Kier molecular flexibility index (Phi) is 27.0. The van der Waals surface area contributed by atoms with Gasteiger partial charge in [0.15, 0.2) is 17.5 Å². The number of phenolic OH excluding ortho intramolecular Hbond substituents is 4. The number of rotatable bonds is 22. The summed E-state index contributed by atoms with van der Waals surface area (Å²) in [6, 6.07) is 82.9. The number of benzene rings is 12. The fourth-order valence-electron chi connectivity index (χ4n) is 17.7. The van der Waals surface area contributed by atoms with E-state index in [0.717, 1.165) is 87.5 Å². The SMILES string of the molecule is CC(C)(C)CC(C)(C)c1cc(Cc2cc(C(C)(C)CC(C)(C)C)cc(-n3nc4ccccc4n3)c2O)c(O)c(-n2nc3ccccc3n2)c1.CC(C)(C)CC(C)(C)c1ccc(O)c(-n2nc3ccccc3n2)c1.CCCCCCOc1ccc(-c2nc(-c3ccccc3)nc(-c3ccccc3)n2)c(O)c1.O=c1oc(-c2ccc(-c3nc4ccccc4c(=O)o3)cc2)nc2ccccc12. The molecule has 0 atom stereocenters. The average Bonchev–Trinajstić information content (AvgIpc) is 1.74. The Morgan fingerprint density at radius 1 is 0.323 bits per heavy atom. The zero-order valence-corrected chi connectivity index (χ0v) is 78.4. The van der Waals surface area contributed by atoms with Crippen molar-refractivity contribution in [1.29, 1.82) is 0 Å². The van der Waals surface area contributed by atoms with Crippen molar-refractivity contribution in [1.82, 2.24) is 69.9 Å². The third kappa shape index (κ3) is 22.4. The van der Waals surface area contributed by atoms with Crippen LogP contribution < -0.4 is 16.0 Å². The molecule has 678 valence electrons. The Bertz CT molecular complexity index is 6900. The van der Waals surface area contributed by atoms with Crippen LogP contribution in [0.25, 0.3) is 129 Å². The number of ether oxygens (including phenoxy) is 1. The minimum atomic E-state index is -0.438. The molecule has 0 aliphatic heterocycles. The monoisotopic (exact) mass is 1770 g/mol. The van der Waals surface area contributed by atoms with E-state index in [4.69, 9.17) is 34.0 Å². The third-order valence-electron chi connectivity index (χ3n) is 23.1. The van der Waals surface area contributed by atoms with Gasteiger partial charge >= 0.3 is 11.3 Å². The Balaban J connectivity index is 0.000000141. The van der Waals surface area contributed by atoms with Gasteiger partial charge in [-0.1, -0.05) is 270 Å². The van der Waals surface area contributed by atoms with Gasteiger partial charge in [-0.2, -0.15) is 0 Å². The number of aromatic nitrogens is 14. The fraction of sp³-hybridized carbons (Fsp3) is 0.282. The van der Waals surface area contributed by atoms with E-state index >= 15 is 0 Å². The van der Waals surface area contributed by atoms with Crippen LogP contribution in [0.5, 0.6) is 28.7 Å². The lowest BCUT2D eigenvalue weighted by Crippen LogP contribution is -2.25. The first-order valence-electron chi connectivity index (χ1n) is 45.2. The first kappa shape index (κ1) is 92.8. The summed E-state index contributed by atoms with van der Waals surface area (Å²) >= 11 is 0. The van der Waals surface area contributed by atoms with Gasteiger partial charge in [0.1, 0.15) is 78.9 Å². The minimum absolute atomic E-state index is 0.00667. The van der Waals surface area contributed by atoms with Crippen LogP contribution in [0.15, 0.2) is 285 Å². The van der Waals surface area contributed by atoms with Crippen LogP contribution in [0.3, 0.4) is 0 Å². The molecule has 4 N–H and O–H groups in total. The van der Waals surface area contributed by atoms with Gasteiger partial charge in [-0.15, -0.1) is 45.0 Å². The summed E-state index contributed by atoms with van der Waals surface area (Å²) in [6.45, 7) is 36.5. The van der Waals surface area contributed by atoms with E-state index in [9.17, 15) is 30.0 Å². The summed E-state index contributed by atoms with van der Waals surface area (Å²) in [4.78, 5) is 51.7. The lowest BCUT2D eigenvalue weighted by atomic mass is 9.71. The van der Waals surface area contributed by atoms with Crippen LogP contribution >= 0.6 is 0 Å². The molecular formula is C110H114N14O9. The number of hydrogen-bond donors (Lipinski definition) is 4. The second kappa shape index (κ2) is 38.7. The second-order valence-electron chi connectivity index (χ2n) is 39.5. The summed E-state index contributed by atoms with van der Waals surface area (Å²) in [7, 11) is 0. The van der Waals surface area contributed by atoms with Crippen molar-refractivity contribution in [3.05, 3.63) is 316 Å². The van der Waals surface area contributed by atoms with Crippen molar-refractivity contribution in [3.63, 3.8) is 0 Å². The van der Waals surface area contributed by atoms with Crippen molar-refractivity contribution in [2.45, 2.75) is 178 Å². The largest absolute Gasteiger partial charge is 0.507 e. The number of unbranched alkanes of at least 4 members (excludes halogenated alkanes) is 3. The highest BCUT2D eigenvalue weighted by molar-refractivity contribution is 5.81. The highest BCUT2D eigenvalue weighted by Crippen LogP contribution is 2.46. The molecule has 12 aromatic carbocycles.